The Morgan fingerprint density at radius 3 is 2.35 bits per heavy atom. The molecule has 0 atom stereocenters. The van der Waals surface area contributed by atoms with Gasteiger partial charge in [0.1, 0.15) is 5.75 Å². The molecule has 2 aromatic carbocycles. The quantitative estimate of drug-likeness (QED) is 0.812. The predicted octanol–water partition coefficient (Wildman–Crippen LogP) is 3.16. The highest BCUT2D eigenvalue weighted by Gasteiger charge is 2.15. The summed E-state index contributed by atoms with van der Waals surface area (Å²) in [6.07, 6.45) is 1.89. The van der Waals surface area contributed by atoms with Crippen LogP contribution < -0.4 is 9.64 Å². The molecular formula is C19H23N3O. The maximum absolute atomic E-state index is 5.35. The minimum atomic E-state index is 0.856. The summed E-state index contributed by atoms with van der Waals surface area (Å²) in [5.74, 6) is 0.856. The third-order valence-electron chi connectivity index (χ3n) is 4.15. The highest BCUT2D eigenvalue weighted by Crippen LogP contribution is 2.18. The Morgan fingerprint density at radius 2 is 1.65 bits per heavy atom. The Labute approximate surface area is 138 Å². The molecule has 0 saturated carbocycles. The molecule has 0 spiro atoms. The van der Waals surface area contributed by atoms with E-state index >= 15 is 0 Å². The third-order valence-corrected chi connectivity index (χ3v) is 4.15. The first kappa shape index (κ1) is 15.4. The lowest BCUT2D eigenvalue weighted by molar-refractivity contribution is 0.272. The van der Waals surface area contributed by atoms with E-state index in [0.29, 0.717) is 0 Å². The lowest BCUT2D eigenvalue weighted by Gasteiger charge is -2.34. The van der Waals surface area contributed by atoms with Crippen LogP contribution in [0.5, 0.6) is 5.75 Å². The summed E-state index contributed by atoms with van der Waals surface area (Å²) in [7, 11) is 1.69. The summed E-state index contributed by atoms with van der Waals surface area (Å²) in [5, 5.41) is 6.73. The third kappa shape index (κ3) is 3.83. The molecule has 1 aliphatic heterocycles. The fourth-order valence-electron chi connectivity index (χ4n) is 2.74. The van der Waals surface area contributed by atoms with Crippen LogP contribution in [0.15, 0.2) is 53.6 Å². The highest BCUT2D eigenvalue weighted by molar-refractivity contribution is 5.83. The molecule has 0 bridgehead atoms. The Balaban J connectivity index is 1.58. The average Bonchev–Trinajstić information content (AvgIpc) is 2.61. The van der Waals surface area contributed by atoms with Crippen LogP contribution in [0.4, 0.5) is 5.69 Å². The van der Waals surface area contributed by atoms with E-state index in [0.717, 1.165) is 37.5 Å². The maximum atomic E-state index is 5.35. The molecule has 4 nitrogen and oxygen atoms in total. The van der Waals surface area contributed by atoms with Crippen LogP contribution in [0.2, 0.25) is 0 Å². The van der Waals surface area contributed by atoms with Crippen molar-refractivity contribution in [1.29, 1.82) is 0 Å². The number of benzene rings is 2. The first-order valence-electron chi connectivity index (χ1n) is 8.00. The Bertz CT molecular complexity index is 659. The van der Waals surface area contributed by atoms with E-state index < -0.39 is 0 Å². The molecular weight excluding hydrogens is 286 g/mol. The number of hydrogen-bond acceptors (Lipinski definition) is 4. The fourth-order valence-corrected chi connectivity index (χ4v) is 2.74. The minimum Gasteiger partial charge on any atom is -0.496 e. The van der Waals surface area contributed by atoms with Gasteiger partial charge in [-0.1, -0.05) is 29.8 Å². The van der Waals surface area contributed by atoms with Crippen molar-refractivity contribution in [3.63, 3.8) is 0 Å². The van der Waals surface area contributed by atoms with E-state index in [9.17, 15) is 0 Å². The molecule has 1 fully saturated rings. The normalized spacial score (nSPS) is 15.2. The number of hydrogen-bond donors (Lipinski definition) is 0. The summed E-state index contributed by atoms with van der Waals surface area (Å²) in [4.78, 5) is 2.41. The largest absolute Gasteiger partial charge is 0.496 e. The second kappa shape index (κ2) is 7.18. The lowest BCUT2D eigenvalue weighted by Crippen LogP contribution is -2.44. The molecule has 23 heavy (non-hydrogen) atoms. The van der Waals surface area contributed by atoms with Crippen LogP contribution in [0, 0.1) is 6.92 Å². The van der Waals surface area contributed by atoms with Crippen molar-refractivity contribution in [1.82, 2.24) is 5.01 Å². The first-order valence-corrected chi connectivity index (χ1v) is 8.00. The zero-order valence-corrected chi connectivity index (χ0v) is 13.8. The van der Waals surface area contributed by atoms with Gasteiger partial charge in [-0.25, -0.2) is 0 Å². The monoisotopic (exact) mass is 309 g/mol. The van der Waals surface area contributed by atoms with Crippen LogP contribution >= 0.6 is 0 Å². The van der Waals surface area contributed by atoms with Crippen molar-refractivity contribution < 1.29 is 4.74 Å². The zero-order valence-electron chi connectivity index (χ0n) is 13.8. The van der Waals surface area contributed by atoms with Crippen LogP contribution in [0.3, 0.4) is 0 Å². The van der Waals surface area contributed by atoms with Gasteiger partial charge in [0.05, 0.1) is 26.4 Å². The average molecular weight is 309 g/mol. The molecule has 4 heteroatoms. The SMILES string of the molecule is COc1ccccc1/C=N/N1CCN(c2ccc(C)cc2)CC1. The number of rotatable bonds is 4. The molecule has 0 radical (unpaired) electrons. The first-order chi connectivity index (χ1) is 11.3. The molecule has 0 unspecified atom stereocenters. The van der Waals surface area contributed by atoms with Crippen molar-refractivity contribution in [2.24, 2.45) is 5.10 Å². The Kier molecular flexibility index (Phi) is 4.81. The molecule has 1 aliphatic rings. The molecule has 1 heterocycles. The van der Waals surface area contributed by atoms with E-state index in [4.69, 9.17) is 4.74 Å². The van der Waals surface area contributed by atoms with Gasteiger partial charge in [0, 0.05) is 24.3 Å². The number of anilines is 1. The number of methoxy groups -OCH3 is 1. The van der Waals surface area contributed by atoms with E-state index in [1.165, 1.54) is 11.3 Å². The van der Waals surface area contributed by atoms with Crippen molar-refractivity contribution in [3.8, 4) is 5.75 Å². The number of para-hydroxylation sites is 1. The second-order valence-electron chi connectivity index (χ2n) is 5.76. The molecule has 0 aliphatic carbocycles. The molecule has 3 rings (SSSR count). The molecule has 120 valence electrons. The number of ether oxygens (including phenoxy) is 1. The van der Waals surface area contributed by atoms with Gasteiger partial charge in [-0.2, -0.15) is 5.10 Å². The van der Waals surface area contributed by atoms with Gasteiger partial charge in [-0.05, 0) is 31.2 Å². The molecule has 0 N–H and O–H groups in total. The number of aryl methyl sites for hydroxylation is 1. The summed E-state index contributed by atoms with van der Waals surface area (Å²) in [5.41, 5.74) is 3.61. The van der Waals surface area contributed by atoms with E-state index in [1.54, 1.807) is 7.11 Å². The zero-order chi connectivity index (χ0) is 16.1. The van der Waals surface area contributed by atoms with Crippen LogP contribution in [-0.4, -0.2) is 44.5 Å². The minimum absolute atomic E-state index is 0.856. The van der Waals surface area contributed by atoms with Gasteiger partial charge in [0.2, 0.25) is 0 Å². The van der Waals surface area contributed by atoms with E-state index in [-0.39, 0.29) is 0 Å². The topological polar surface area (TPSA) is 28.1 Å². The van der Waals surface area contributed by atoms with Crippen molar-refractivity contribution in [2.75, 3.05) is 38.2 Å². The van der Waals surface area contributed by atoms with Gasteiger partial charge in [0.15, 0.2) is 0 Å². The Hall–Kier alpha value is -2.49. The number of nitrogens with zero attached hydrogens (tertiary/aromatic N) is 3. The summed E-state index contributed by atoms with van der Waals surface area (Å²) < 4.78 is 5.35. The Morgan fingerprint density at radius 1 is 0.957 bits per heavy atom. The van der Waals surface area contributed by atoms with Crippen molar-refractivity contribution >= 4 is 11.9 Å². The maximum Gasteiger partial charge on any atom is 0.127 e. The summed E-state index contributed by atoms with van der Waals surface area (Å²) in [6, 6.07) is 16.7. The van der Waals surface area contributed by atoms with Gasteiger partial charge in [-0.3, -0.25) is 5.01 Å². The fraction of sp³-hybridized carbons (Fsp3) is 0.316. The molecule has 0 amide bonds. The molecule has 0 aromatic heterocycles. The summed E-state index contributed by atoms with van der Waals surface area (Å²) in [6.45, 7) is 5.96. The number of piperazine rings is 1. The van der Waals surface area contributed by atoms with Crippen LogP contribution in [0.25, 0.3) is 0 Å². The van der Waals surface area contributed by atoms with Gasteiger partial charge in [0.25, 0.3) is 0 Å². The van der Waals surface area contributed by atoms with Gasteiger partial charge < -0.3 is 9.64 Å². The number of hydrazone groups is 1. The smallest absolute Gasteiger partial charge is 0.127 e. The van der Waals surface area contributed by atoms with Crippen LogP contribution in [-0.2, 0) is 0 Å². The molecule has 2 aromatic rings. The van der Waals surface area contributed by atoms with E-state index in [1.807, 2.05) is 30.5 Å². The van der Waals surface area contributed by atoms with Crippen molar-refractivity contribution in [3.05, 3.63) is 59.7 Å². The molecule has 1 saturated heterocycles. The predicted molar refractivity (Wildman–Crippen MR) is 95.6 cm³/mol. The second-order valence-corrected chi connectivity index (χ2v) is 5.76. The van der Waals surface area contributed by atoms with Gasteiger partial charge in [-0.15, -0.1) is 0 Å². The van der Waals surface area contributed by atoms with Crippen LogP contribution in [0.1, 0.15) is 11.1 Å². The summed E-state index contributed by atoms with van der Waals surface area (Å²) >= 11 is 0. The van der Waals surface area contributed by atoms with E-state index in [2.05, 4.69) is 46.2 Å². The standard InChI is InChI=1S/C19H23N3O/c1-16-7-9-18(10-8-16)21-11-13-22(14-12-21)20-15-17-5-3-4-6-19(17)23-2/h3-10,15H,11-14H2,1-2H3/b20-15+. The van der Waals surface area contributed by atoms with Crippen molar-refractivity contribution in [2.45, 2.75) is 6.92 Å². The highest BCUT2D eigenvalue weighted by atomic mass is 16.5. The lowest BCUT2D eigenvalue weighted by atomic mass is 10.2. The van der Waals surface area contributed by atoms with Gasteiger partial charge >= 0.3 is 0 Å².